The Hall–Kier alpha value is -1.33. The summed E-state index contributed by atoms with van der Waals surface area (Å²) in [4.78, 5) is 3.52. The van der Waals surface area contributed by atoms with Gasteiger partial charge in [-0.15, -0.1) is 0 Å². The first-order valence-corrected chi connectivity index (χ1v) is 9.46. The lowest BCUT2D eigenvalue weighted by molar-refractivity contribution is 0.464. The average molecular weight is 306 g/mol. The SMILES string of the molecule is CCS(=O)(=O)CCNC1CCCc2c1[nH]c1ccccc21. The Bertz CT molecular complexity index is 734. The van der Waals surface area contributed by atoms with E-state index in [4.69, 9.17) is 0 Å². The molecule has 4 nitrogen and oxygen atoms in total. The Labute approximate surface area is 125 Å². The zero-order chi connectivity index (χ0) is 14.9. The molecule has 1 atom stereocenters. The number of aryl methyl sites for hydroxylation is 1. The first kappa shape index (κ1) is 14.6. The van der Waals surface area contributed by atoms with Crippen molar-refractivity contribution >= 4 is 20.7 Å². The molecule has 1 aliphatic carbocycles. The van der Waals surface area contributed by atoms with E-state index in [2.05, 4.69) is 28.5 Å². The van der Waals surface area contributed by atoms with Crippen molar-refractivity contribution in [1.29, 1.82) is 0 Å². The summed E-state index contributed by atoms with van der Waals surface area (Å²) in [7, 11) is -2.90. The van der Waals surface area contributed by atoms with Gasteiger partial charge in [-0.2, -0.15) is 0 Å². The van der Waals surface area contributed by atoms with Gasteiger partial charge in [-0.05, 0) is 30.9 Å². The molecular formula is C16H22N2O2S. The van der Waals surface area contributed by atoms with Crippen molar-refractivity contribution in [2.24, 2.45) is 0 Å². The molecule has 0 fully saturated rings. The van der Waals surface area contributed by atoms with Crippen LogP contribution in [0.15, 0.2) is 24.3 Å². The van der Waals surface area contributed by atoms with Crippen molar-refractivity contribution in [1.82, 2.24) is 10.3 Å². The molecule has 1 heterocycles. The predicted molar refractivity (Wildman–Crippen MR) is 86.3 cm³/mol. The molecule has 1 aliphatic rings. The maximum absolute atomic E-state index is 11.6. The quantitative estimate of drug-likeness (QED) is 0.892. The standard InChI is InChI=1S/C16H22N2O2S/c1-2-21(19,20)11-10-17-15-9-5-7-13-12-6-3-4-8-14(12)18-16(13)15/h3-4,6,8,15,17-18H,2,5,7,9-11H2,1H3. The van der Waals surface area contributed by atoms with Gasteiger partial charge in [0, 0.05) is 34.9 Å². The summed E-state index contributed by atoms with van der Waals surface area (Å²) in [6, 6.07) is 8.62. The van der Waals surface area contributed by atoms with Crippen molar-refractivity contribution < 1.29 is 8.42 Å². The molecule has 2 aromatic rings. The van der Waals surface area contributed by atoms with E-state index in [1.807, 2.05) is 6.07 Å². The van der Waals surface area contributed by atoms with Crippen LogP contribution >= 0.6 is 0 Å². The summed E-state index contributed by atoms with van der Waals surface area (Å²) in [5.74, 6) is 0.437. The zero-order valence-electron chi connectivity index (χ0n) is 12.4. The highest BCUT2D eigenvalue weighted by molar-refractivity contribution is 7.91. The number of sulfone groups is 1. The second-order valence-corrected chi connectivity index (χ2v) is 8.17. The van der Waals surface area contributed by atoms with E-state index >= 15 is 0 Å². The number of hydrogen-bond donors (Lipinski definition) is 2. The molecule has 0 bridgehead atoms. The molecule has 1 aromatic heterocycles. The van der Waals surface area contributed by atoms with Gasteiger partial charge in [0.2, 0.25) is 0 Å². The number of H-pyrrole nitrogens is 1. The van der Waals surface area contributed by atoms with Crippen molar-refractivity contribution in [2.45, 2.75) is 32.2 Å². The maximum atomic E-state index is 11.6. The number of benzene rings is 1. The molecule has 114 valence electrons. The van der Waals surface area contributed by atoms with Crippen LogP contribution < -0.4 is 5.32 Å². The third kappa shape index (κ3) is 2.99. The third-order valence-corrected chi connectivity index (χ3v) is 6.06. The molecule has 5 heteroatoms. The van der Waals surface area contributed by atoms with Gasteiger partial charge < -0.3 is 10.3 Å². The minimum Gasteiger partial charge on any atom is -0.357 e. The van der Waals surface area contributed by atoms with E-state index < -0.39 is 9.84 Å². The molecule has 21 heavy (non-hydrogen) atoms. The summed E-state index contributed by atoms with van der Waals surface area (Å²) < 4.78 is 23.2. The van der Waals surface area contributed by atoms with E-state index in [1.165, 1.54) is 22.2 Å². The topological polar surface area (TPSA) is 62.0 Å². The molecule has 0 saturated carbocycles. The van der Waals surface area contributed by atoms with Crippen LogP contribution in [0.5, 0.6) is 0 Å². The zero-order valence-corrected chi connectivity index (χ0v) is 13.2. The third-order valence-electron chi connectivity index (χ3n) is 4.36. The number of fused-ring (bicyclic) bond motifs is 3. The number of rotatable bonds is 5. The lowest BCUT2D eigenvalue weighted by Gasteiger charge is -2.23. The first-order chi connectivity index (χ1) is 10.1. The van der Waals surface area contributed by atoms with Gasteiger partial charge in [-0.3, -0.25) is 0 Å². The fourth-order valence-corrected chi connectivity index (χ4v) is 3.87. The van der Waals surface area contributed by atoms with E-state index in [0.717, 1.165) is 19.3 Å². The summed E-state index contributed by atoms with van der Waals surface area (Å²) in [5.41, 5.74) is 3.82. The Morgan fingerprint density at radius 1 is 1.33 bits per heavy atom. The normalized spacial score (nSPS) is 18.8. The van der Waals surface area contributed by atoms with Crippen LogP contribution in [0.1, 0.15) is 37.1 Å². The average Bonchev–Trinajstić information content (AvgIpc) is 2.87. The van der Waals surface area contributed by atoms with Crippen LogP contribution in [0.3, 0.4) is 0 Å². The van der Waals surface area contributed by atoms with Crippen LogP contribution in [-0.4, -0.2) is 31.5 Å². The van der Waals surface area contributed by atoms with E-state index in [0.29, 0.717) is 6.54 Å². The molecule has 0 spiro atoms. The molecule has 1 aromatic carbocycles. The molecule has 2 N–H and O–H groups in total. The van der Waals surface area contributed by atoms with Crippen molar-refractivity contribution in [2.75, 3.05) is 18.1 Å². The second kappa shape index (κ2) is 5.81. The van der Waals surface area contributed by atoms with Gasteiger partial charge >= 0.3 is 0 Å². The summed E-state index contributed by atoms with van der Waals surface area (Å²) >= 11 is 0. The number of nitrogens with one attached hydrogen (secondary N) is 2. The monoisotopic (exact) mass is 306 g/mol. The van der Waals surface area contributed by atoms with Gasteiger partial charge in [0.05, 0.1) is 5.75 Å². The van der Waals surface area contributed by atoms with E-state index in [1.54, 1.807) is 6.92 Å². The largest absolute Gasteiger partial charge is 0.357 e. The number of aromatic amines is 1. The van der Waals surface area contributed by atoms with Crippen LogP contribution in [-0.2, 0) is 16.3 Å². The highest BCUT2D eigenvalue weighted by atomic mass is 32.2. The van der Waals surface area contributed by atoms with E-state index in [9.17, 15) is 8.42 Å². The Kier molecular flexibility index (Phi) is 4.04. The fourth-order valence-electron chi connectivity index (χ4n) is 3.15. The van der Waals surface area contributed by atoms with Gasteiger partial charge in [0.1, 0.15) is 0 Å². The predicted octanol–water partition coefficient (Wildman–Crippen LogP) is 2.57. The highest BCUT2D eigenvalue weighted by Gasteiger charge is 2.23. The van der Waals surface area contributed by atoms with Crippen molar-refractivity contribution in [3.05, 3.63) is 35.5 Å². The molecule has 3 rings (SSSR count). The van der Waals surface area contributed by atoms with E-state index in [-0.39, 0.29) is 17.5 Å². The number of aromatic nitrogens is 1. The minimum atomic E-state index is -2.90. The number of para-hydroxylation sites is 1. The summed E-state index contributed by atoms with van der Waals surface area (Å²) in [6.07, 6.45) is 3.31. The number of hydrogen-bond acceptors (Lipinski definition) is 3. The van der Waals surface area contributed by atoms with Gasteiger partial charge in [0.15, 0.2) is 9.84 Å². The second-order valence-electron chi connectivity index (χ2n) is 5.70. The lowest BCUT2D eigenvalue weighted by atomic mass is 9.92. The molecule has 0 amide bonds. The van der Waals surface area contributed by atoms with Crippen molar-refractivity contribution in [3.8, 4) is 0 Å². The van der Waals surface area contributed by atoms with Crippen LogP contribution in [0.2, 0.25) is 0 Å². The maximum Gasteiger partial charge on any atom is 0.151 e. The minimum absolute atomic E-state index is 0.218. The highest BCUT2D eigenvalue weighted by Crippen LogP contribution is 2.34. The van der Waals surface area contributed by atoms with Crippen LogP contribution in [0.25, 0.3) is 10.9 Å². The van der Waals surface area contributed by atoms with Crippen LogP contribution in [0.4, 0.5) is 0 Å². The molecule has 1 unspecified atom stereocenters. The fraction of sp³-hybridized carbons (Fsp3) is 0.500. The summed E-state index contributed by atoms with van der Waals surface area (Å²) in [5, 5.41) is 4.72. The molecule has 0 aliphatic heterocycles. The van der Waals surface area contributed by atoms with Crippen molar-refractivity contribution in [3.63, 3.8) is 0 Å². The Morgan fingerprint density at radius 2 is 2.14 bits per heavy atom. The smallest absolute Gasteiger partial charge is 0.151 e. The molecule has 0 saturated heterocycles. The Morgan fingerprint density at radius 3 is 2.95 bits per heavy atom. The van der Waals surface area contributed by atoms with Gasteiger partial charge in [-0.1, -0.05) is 25.1 Å². The first-order valence-electron chi connectivity index (χ1n) is 7.64. The lowest BCUT2D eigenvalue weighted by Crippen LogP contribution is -2.30. The Balaban J connectivity index is 1.78. The van der Waals surface area contributed by atoms with Gasteiger partial charge in [0.25, 0.3) is 0 Å². The summed E-state index contributed by atoms with van der Waals surface area (Å²) in [6.45, 7) is 2.22. The molecular weight excluding hydrogens is 284 g/mol. The van der Waals surface area contributed by atoms with Gasteiger partial charge in [-0.25, -0.2) is 8.42 Å². The molecule has 0 radical (unpaired) electrons. The van der Waals surface area contributed by atoms with Crippen LogP contribution in [0, 0.1) is 0 Å².